The second-order valence-electron chi connectivity index (χ2n) is 13.6. The van der Waals surface area contributed by atoms with Gasteiger partial charge in [0.25, 0.3) is 0 Å². The van der Waals surface area contributed by atoms with Crippen LogP contribution < -0.4 is 10.6 Å². The molecule has 0 spiro atoms. The highest BCUT2D eigenvalue weighted by Crippen LogP contribution is 2.30. The van der Waals surface area contributed by atoms with Gasteiger partial charge in [-0.25, -0.2) is 0 Å². The first-order chi connectivity index (χ1) is 22.5. The number of rotatable bonds is 23. The minimum atomic E-state index is -1.39. The maximum absolute atomic E-state index is 12.3. The molecule has 0 bridgehead atoms. The smallest absolute Gasteiger partial charge is 0.322 e. The fourth-order valence-electron chi connectivity index (χ4n) is 4.07. The number of carboxylic acids is 5. The van der Waals surface area contributed by atoms with Crippen molar-refractivity contribution < 1.29 is 59.1 Å². The summed E-state index contributed by atoms with van der Waals surface area (Å²) < 4.78 is 0. The van der Waals surface area contributed by atoms with Gasteiger partial charge in [0.05, 0.1) is 32.2 Å². The van der Waals surface area contributed by atoms with Gasteiger partial charge < -0.3 is 36.2 Å². The van der Waals surface area contributed by atoms with Gasteiger partial charge in [0.15, 0.2) is 0 Å². The van der Waals surface area contributed by atoms with Gasteiger partial charge in [-0.3, -0.25) is 43.4 Å². The summed E-state index contributed by atoms with van der Waals surface area (Å²) in [6.07, 6.45) is 5.85. The summed E-state index contributed by atoms with van der Waals surface area (Å²) in [6, 6.07) is -1.26. The zero-order valence-corrected chi connectivity index (χ0v) is 30.7. The van der Waals surface area contributed by atoms with Crippen molar-refractivity contribution in [1.82, 2.24) is 20.4 Å². The van der Waals surface area contributed by atoms with Crippen LogP contribution in [0.15, 0.2) is 0 Å². The average Bonchev–Trinajstić information content (AvgIpc) is 2.94. The molecule has 0 saturated heterocycles. The van der Waals surface area contributed by atoms with Crippen LogP contribution in [0.4, 0.5) is 0 Å². The van der Waals surface area contributed by atoms with E-state index in [1.807, 2.05) is 13.8 Å². The number of hydrogen-bond acceptors (Lipinski definition) is 9. The van der Waals surface area contributed by atoms with Crippen LogP contribution >= 0.6 is 0 Å². The van der Waals surface area contributed by atoms with Crippen LogP contribution in [0.3, 0.4) is 0 Å². The second-order valence-corrected chi connectivity index (χ2v) is 13.6. The highest BCUT2D eigenvalue weighted by Gasteiger charge is 2.30. The zero-order valence-electron chi connectivity index (χ0n) is 30.7. The van der Waals surface area contributed by atoms with Crippen LogP contribution in [-0.2, 0) is 33.6 Å². The van der Waals surface area contributed by atoms with Gasteiger partial charge in [-0.1, -0.05) is 74.7 Å². The van der Waals surface area contributed by atoms with Gasteiger partial charge in [-0.15, -0.1) is 0 Å². The molecule has 49 heavy (non-hydrogen) atoms. The number of nitrogens with zero attached hydrogens (tertiary/aromatic N) is 2. The summed E-state index contributed by atoms with van der Waals surface area (Å²) in [5.41, 5.74) is 0.0714. The zero-order chi connectivity index (χ0) is 38.8. The minimum absolute atomic E-state index is 0.0555. The SMILES string of the molecule is CCC.CCCCNC(=O)C(C)(C)CCC(C)(C)C.O=C(O)CNC(=O)C(CCCCN(CC(=O)O)CC(=O)O)N(CC(=O)O)CC(=O)O. The van der Waals surface area contributed by atoms with Crippen molar-refractivity contribution in [3.05, 3.63) is 0 Å². The van der Waals surface area contributed by atoms with E-state index < -0.39 is 74.5 Å². The second kappa shape index (κ2) is 27.1. The van der Waals surface area contributed by atoms with Crippen LogP contribution in [0.25, 0.3) is 0 Å². The third-order valence-electron chi connectivity index (χ3n) is 6.68. The Morgan fingerprint density at radius 3 is 1.49 bits per heavy atom. The quantitative estimate of drug-likeness (QED) is 0.0755. The van der Waals surface area contributed by atoms with Crippen molar-refractivity contribution in [2.45, 2.75) is 113 Å². The van der Waals surface area contributed by atoms with Gasteiger partial charge in [0.1, 0.15) is 6.54 Å². The molecule has 0 fully saturated rings. The molecule has 0 heterocycles. The van der Waals surface area contributed by atoms with E-state index in [2.05, 4.69) is 52.2 Å². The van der Waals surface area contributed by atoms with Crippen molar-refractivity contribution >= 4 is 41.7 Å². The highest BCUT2D eigenvalue weighted by molar-refractivity contribution is 5.86. The van der Waals surface area contributed by atoms with E-state index in [1.54, 1.807) is 0 Å². The lowest BCUT2D eigenvalue weighted by molar-refractivity contribution is -0.146. The maximum Gasteiger partial charge on any atom is 0.322 e. The fourth-order valence-corrected chi connectivity index (χ4v) is 4.07. The largest absolute Gasteiger partial charge is 0.480 e. The fraction of sp³-hybridized carbons (Fsp3) is 0.788. The normalized spacial score (nSPS) is 11.7. The van der Waals surface area contributed by atoms with Crippen molar-refractivity contribution in [1.29, 1.82) is 0 Å². The summed E-state index contributed by atoms with van der Waals surface area (Å²) in [4.78, 5) is 80.6. The Morgan fingerprint density at radius 1 is 0.633 bits per heavy atom. The molecule has 0 aliphatic heterocycles. The molecule has 0 aliphatic carbocycles. The molecule has 286 valence electrons. The third kappa shape index (κ3) is 31.2. The first kappa shape index (κ1) is 49.6. The maximum atomic E-state index is 12.3. The molecule has 0 rings (SSSR count). The van der Waals surface area contributed by atoms with Crippen LogP contribution in [0.1, 0.15) is 107 Å². The highest BCUT2D eigenvalue weighted by atomic mass is 16.4. The number of aliphatic carboxylic acids is 5. The first-order valence-corrected chi connectivity index (χ1v) is 16.6. The molecule has 0 radical (unpaired) electrons. The molecule has 0 aromatic rings. The van der Waals surface area contributed by atoms with Crippen LogP contribution in [0, 0.1) is 10.8 Å². The van der Waals surface area contributed by atoms with Crippen molar-refractivity contribution in [2.75, 3.05) is 45.8 Å². The van der Waals surface area contributed by atoms with E-state index in [0.717, 1.165) is 42.0 Å². The van der Waals surface area contributed by atoms with Crippen molar-refractivity contribution in [3.63, 3.8) is 0 Å². The molecule has 16 nitrogen and oxygen atoms in total. The lowest BCUT2D eigenvalue weighted by atomic mass is 9.79. The molecule has 16 heteroatoms. The van der Waals surface area contributed by atoms with Crippen molar-refractivity contribution in [2.24, 2.45) is 10.8 Å². The number of amides is 2. The predicted octanol–water partition coefficient (Wildman–Crippen LogP) is 2.84. The number of carbonyl (C=O) groups is 7. The van der Waals surface area contributed by atoms with E-state index in [4.69, 9.17) is 25.5 Å². The molecular weight excluding hydrogens is 644 g/mol. The van der Waals surface area contributed by atoms with E-state index in [0.29, 0.717) is 5.41 Å². The number of nitrogens with one attached hydrogen (secondary N) is 2. The molecule has 0 aliphatic rings. The summed E-state index contributed by atoms with van der Waals surface area (Å²) in [6.45, 7) is 14.7. The van der Waals surface area contributed by atoms with Crippen LogP contribution in [-0.4, -0.2) is 129 Å². The molecular formula is C33H62N4O12. The Labute approximate surface area is 290 Å². The first-order valence-electron chi connectivity index (χ1n) is 16.6. The number of unbranched alkanes of at least 4 members (excludes halogenated alkanes) is 2. The molecule has 7 N–H and O–H groups in total. The summed E-state index contributed by atoms with van der Waals surface area (Å²) in [5, 5.41) is 49.3. The average molecular weight is 707 g/mol. The summed E-state index contributed by atoms with van der Waals surface area (Å²) in [5.74, 6) is -7.24. The van der Waals surface area contributed by atoms with E-state index in [1.165, 1.54) is 6.42 Å². The molecule has 1 atom stereocenters. The Balaban J connectivity index is -0.000000931. The number of carbonyl (C=O) groups excluding carboxylic acids is 2. The van der Waals surface area contributed by atoms with E-state index in [9.17, 15) is 33.6 Å². The topological polar surface area (TPSA) is 251 Å². The van der Waals surface area contributed by atoms with Crippen LogP contribution in [0.5, 0.6) is 0 Å². The van der Waals surface area contributed by atoms with Crippen molar-refractivity contribution in [3.8, 4) is 0 Å². The minimum Gasteiger partial charge on any atom is -0.480 e. The Hall–Kier alpha value is -3.79. The van der Waals surface area contributed by atoms with E-state index in [-0.39, 0.29) is 37.1 Å². The van der Waals surface area contributed by atoms with Gasteiger partial charge in [-0.2, -0.15) is 0 Å². The van der Waals surface area contributed by atoms with Crippen LogP contribution in [0.2, 0.25) is 0 Å². The van der Waals surface area contributed by atoms with E-state index >= 15 is 0 Å². The lowest BCUT2D eigenvalue weighted by Crippen LogP contribution is -2.51. The molecule has 0 aromatic carbocycles. The lowest BCUT2D eigenvalue weighted by Gasteiger charge is -2.28. The van der Waals surface area contributed by atoms with Gasteiger partial charge in [0, 0.05) is 12.0 Å². The summed E-state index contributed by atoms with van der Waals surface area (Å²) >= 11 is 0. The monoisotopic (exact) mass is 706 g/mol. The van der Waals surface area contributed by atoms with Gasteiger partial charge in [0.2, 0.25) is 11.8 Å². The van der Waals surface area contributed by atoms with Gasteiger partial charge in [-0.05, 0) is 44.1 Å². The van der Waals surface area contributed by atoms with Gasteiger partial charge >= 0.3 is 29.8 Å². The molecule has 0 saturated carbocycles. The third-order valence-corrected chi connectivity index (χ3v) is 6.68. The molecule has 2 amide bonds. The standard InChI is InChI=1S/C16H25N3O11.C14H29NO.C3H8/c20-11(21)5-17-16(30)10(19(8-14(26)27)9-15(28)29)3-1-2-4-18(6-12(22)23)7-13(24)25;1-7-8-11-15-12(16)14(5,6)10-9-13(2,3)4;1-3-2/h10H,1-9H2,(H,17,30)(H,20,21)(H,22,23)(H,24,25)(H,26,27)(H,28,29);7-11H2,1-6H3,(H,15,16);3H2,1-2H3. The number of hydrogen-bond donors (Lipinski definition) is 7. The number of carboxylic acid groups (broad SMARTS) is 5. The molecule has 0 aromatic heterocycles. The Kier molecular flexibility index (Phi) is 27.4. The summed E-state index contributed by atoms with van der Waals surface area (Å²) in [7, 11) is 0. The molecule has 1 unspecified atom stereocenters. The Bertz CT molecular complexity index is 996. The predicted molar refractivity (Wildman–Crippen MR) is 183 cm³/mol. The Morgan fingerprint density at radius 2 is 1.10 bits per heavy atom.